The normalized spacial score (nSPS) is 11.0. The van der Waals surface area contributed by atoms with Gasteiger partial charge in [-0.25, -0.2) is 9.97 Å². The van der Waals surface area contributed by atoms with Crippen molar-refractivity contribution in [3.63, 3.8) is 0 Å². The second-order valence-corrected chi connectivity index (χ2v) is 8.43. The summed E-state index contributed by atoms with van der Waals surface area (Å²) in [5, 5.41) is 0. The Bertz CT molecular complexity index is 652. The van der Waals surface area contributed by atoms with Crippen molar-refractivity contribution in [3.8, 4) is 17.1 Å². The van der Waals surface area contributed by atoms with Crippen LogP contribution < -0.4 is 4.74 Å². The summed E-state index contributed by atoms with van der Waals surface area (Å²) < 4.78 is 5.81. The first-order chi connectivity index (χ1) is 14.8. The fourth-order valence-corrected chi connectivity index (χ4v) is 3.72. The molecule has 30 heavy (non-hydrogen) atoms. The molecule has 0 N–H and O–H groups in total. The molecule has 3 nitrogen and oxygen atoms in total. The molecule has 0 unspecified atom stereocenters. The minimum absolute atomic E-state index is 0.755. The third-order valence-corrected chi connectivity index (χ3v) is 5.68. The summed E-state index contributed by atoms with van der Waals surface area (Å²) in [6, 6.07) is 8.68. The van der Waals surface area contributed by atoms with Crippen LogP contribution in [0, 0.1) is 0 Å². The molecule has 2 rings (SSSR count). The molecule has 0 atom stereocenters. The molecule has 0 aliphatic heterocycles. The number of nitrogens with zero attached hydrogens (tertiary/aromatic N) is 2. The maximum absolute atomic E-state index is 5.81. The zero-order valence-corrected chi connectivity index (χ0v) is 19.4. The molecule has 3 heteroatoms. The van der Waals surface area contributed by atoms with Crippen molar-refractivity contribution < 1.29 is 4.74 Å². The van der Waals surface area contributed by atoms with Crippen LogP contribution in [0.4, 0.5) is 0 Å². The fraction of sp³-hybridized carbons (Fsp3) is 0.630. The molecule has 1 aromatic carbocycles. The van der Waals surface area contributed by atoms with E-state index in [4.69, 9.17) is 4.74 Å². The Balaban J connectivity index is 1.61. The highest BCUT2D eigenvalue weighted by Crippen LogP contribution is 2.19. The Morgan fingerprint density at radius 2 is 1.17 bits per heavy atom. The molecule has 0 amide bonds. The predicted octanol–water partition coefficient (Wildman–Crippen LogP) is 8.18. The van der Waals surface area contributed by atoms with Crippen LogP contribution in [0.5, 0.6) is 5.75 Å². The second-order valence-electron chi connectivity index (χ2n) is 8.43. The van der Waals surface area contributed by atoms with Crippen molar-refractivity contribution in [1.82, 2.24) is 9.97 Å². The molecule has 0 aliphatic rings. The minimum atomic E-state index is 0.755. The quantitative estimate of drug-likeness (QED) is 0.247. The molecule has 1 aromatic heterocycles. The maximum atomic E-state index is 5.81. The van der Waals surface area contributed by atoms with Gasteiger partial charge in [0.1, 0.15) is 0 Å². The summed E-state index contributed by atoms with van der Waals surface area (Å²) in [5.41, 5.74) is 2.47. The average molecular weight is 411 g/mol. The van der Waals surface area contributed by atoms with Gasteiger partial charge in [0.25, 0.3) is 0 Å². The van der Waals surface area contributed by atoms with Gasteiger partial charge in [-0.15, -0.1) is 0 Å². The van der Waals surface area contributed by atoms with E-state index in [9.17, 15) is 0 Å². The van der Waals surface area contributed by atoms with Crippen LogP contribution in [0.1, 0.15) is 103 Å². The van der Waals surface area contributed by atoms with Gasteiger partial charge in [-0.1, -0.05) is 109 Å². The van der Waals surface area contributed by atoms with E-state index in [0.29, 0.717) is 0 Å². The van der Waals surface area contributed by atoms with E-state index in [-0.39, 0.29) is 0 Å². The summed E-state index contributed by atoms with van der Waals surface area (Å²) >= 11 is 0. The summed E-state index contributed by atoms with van der Waals surface area (Å²) in [5.74, 6) is 1.54. The van der Waals surface area contributed by atoms with E-state index in [1.54, 1.807) is 12.4 Å². The van der Waals surface area contributed by atoms with Gasteiger partial charge in [0.05, 0.1) is 19.0 Å². The van der Waals surface area contributed by atoms with Crippen molar-refractivity contribution in [2.75, 3.05) is 6.61 Å². The molecule has 0 saturated heterocycles. The smallest absolute Gasteiger partial charge is 0.159 e. The van der Waals surface area contributed by atoms with Crippen LogP contribution in [-0.2, 0) is 6.42 Å². The lowest BCUT2D eigenvalue weighted by Gasteiger charge is -2.07. The number of hydrogen-bond acceptors (Lipinski definition) is 3. The van der Waals surface area contributed by atoms with Crippen molar-refractivity contribution in [3.05, 3.63) is 42.2 Å². The van der Waals surface area contributed by atoms with Gasteiger partial charge < -0.3 is 4.74 Å². The summed E-state index contributed by atoms with van der Waals surface area (Å²) in [6.45, 7) is 5.28. The first kappa shape index (κ1) is 24.4. The van der Waals surface area contributed by atoms with E-state index in [2.05, 4.69) is 48.1 Å². The van der Waals surface area contributed by atoms with Gasteiger partial charge in [-0.3, -0.25) is 0 Å². The van der Waals surface area contributed by atoms with Crippen LogP contribution in [0.15, 0.2) is 36.7 Å². The molecule has 1 heterocycles. The standard InChI is InChI=1S/C27H42N2O/c1-3-5-7-9-10-11-12-13-15-21-30-26-22-28-27(29-23-26)25-19-17-24(18-20-25)16-14-8-6-4-2/h17-20,22-23H,3-16,21H2,1-2H3. The number of rotatable bonds is 17. The summed E-state index contributed by atoms with van der Waals surface area (Å²) in [4.78, 5) is 8.99. The van der Waals surface area contributed by atoms with Gasteiger partial charge in [0.15, 0.2) is 11.6 Å². The van der Waals surface area contributed by atoms with Gasteiger partial charge in [-0.05, 0) is 24.8 Å². The molecular weight excluding hydrogens is 368 g/mol. The lowest BCUT2D eigenvalue weighted by atomic mass is 10.0. The Morgan fingerprint density at radius 1 is 0.633 bits per heavy atom. The number of ether oxygens (including phenoxy) is 1. The van der Waals surface area contributed by atoms with Crippen molar-refractivity contribution >= 4 is 0 Å². The van der Waals surface area contributed by atoms with Gasteiger partial charge >= 0.3 is 0 Å². The molecule has 0 radical (unpaired) electrons. The molecule has 0 saturated carbocycles. The molecule has 0 spiro atoms. The number of hydrogen-bond donors (Lipinski definition) is 0. The largest absolute Gasteiger partial charge is 0.490 e. The molecule has 0 aliphatic carbocycles. The van der Waals surface area contributed by atoms with Crippen LogP contribution >= 0.6 is 0 Å². The van der Waals surface area contributed by atoms with Crippen LogP contribution in [-0.4, -0.2) is 16.6 Å². The van der Waals surface area contributed by atoms with Crippen LogP contribution in [0.2, 0.25) is 0 Å². The number of benzene rings is 1. The molecule has 0 bridgehead atoms. The monoisotopic (exact) mass is 410 g/mol. The Hall–Kier alpha value is -1.90. The highest BCUT2D eigenvalue weighted by atomic mass is 16.5. The molecule has 166 valence electrons. The molecule has 0 fully saturated rings. The highest BCUT2D eigenvalue weighted by Gasteiger charge is 2.03. The van der Waals surface area contributed by atoms with E-state index in [1.807, 2.05) is 0 Å². The van der Waals surface area contributed by atoms with E-state index < -0.39 is 0 Å². The third kappa shape index (κ3) is 10.2. The average Bonchev–Trinajstić information content (AvgIpc) is 2.79. The Labute approximate surface area is 184 Å². The first-order valence-electron chi connectivity index (χ1n) is 12.4. The summed E-state index contributed by atoms with van der Waals surface area (Å²) in [7, 11) is 0. The third-order valence-electron chi connectivity index (χ3n) is 5.68. The summed E-state index contributed by atoms with van der Waals surface area (Å²) in [6.07, 6.45) is 21.9. The van der Waals surface area contributed by atoms with Crippen LogP contribution in [0.3, 0.4) is 0 Å². The Kier molecular flexibility index (Phi) is 12.9. The Morgan fingerprint density at radius 3 is 1.77 bits per heavy atom. The fourth-order valence-electron chi connectivity index (χ4n) is 3.72. The van der Waals surface area contributed by atoms with Crippen molar-refractivity contribution in [2.45, 2.75) is 104 Å². The number of unbranched alkanes of at least 4 members (excludes halogenated alkanes) is 11. The number of aromatic nitrogens is 2. The SMILES string of the molecule is CCCCCCCCCCCOc1cnc(-c2ccc(CCCCCC)cc2)nc1. The zero-order valence-electron chi connectivity index (χ0n) is 19.4. The minimum Gasteiger partial charge on any atom is -0.490 e. The van der Waals surface area contributed by atoms with E-state index >= 15 is 0 Å². The predicted molar refractivity (Wildman–Crippen MR) is 128 cm³/mol. The van der Waals surface area contributed by atoms with E-state index in [1.165, 1.54) is 82.6 Å². The topological polar surface area (TPSA) is 35.0 Å². The number of aryl methyl sites for hydroxylation is 1. The van der Waals surface area contributed by atoms with E-state index in [0.717, 1.165) is 36.6 Å². The second kappa shape index (κ2) is 15.9. The lowest BCUT2D eigenvalue weighted by molar-refractivity contribution is 0.302. The lowest BCUT2D eigenvalue weighted by Crippen LogP contribution is -1.99. The zero-order chi connectivity index (χ0) is 21.3. The maximum Gasteiger partial charge on any atom is 0.159 e. The van der Waals surface area contributed by atoms with Crippen molar-refractivity contribution in [1.29, 1.82) is 0 Å². The first-order valence-corrected chi connectivity index (χ1v) is 12.4. The van der Waals surface area contributed by atoms with Crippen molar-refractivity contribution in [2.24, 2.45) is 0 Å². The molecular formula is C27H42N2O. The molecule has 2 aromatic rings. The highest BCUT2D eigenvalue weighted by molar-refractivity contribution is 5.55. The van der Waals surface area contributed by atoms with Gasteiger partial charge in [-0.2, -0.15) is 0 Å². The van der Waals surface area contributed by atoms with Gasteiger partial charge in [0, 0.05) is 5.56 Å². The van der Waals surface area contributed by atoms with Crippen LogP contribution in [0.25, 0.3) is 11.4 Å². The van der Waals surface area contributed by atoms with Gasteiger partial charge in [0.2, 0.25) is 0 Å².